The Bertz CT molecular complexity index is 1300. The summed E-state index contributed by atoms with van der Waals surface area (Å²) in [7, 11) is 0. The van der Waals surface area contributed by atoms with Crippen LogP contribution in [0.5, 0.6) is 5.75 Å². The van der Waals surface area contributed by atoms with Crippen LogP contribution in [-0.2, 0) is 13.2 Å². The first kappa shape index (κ1) is 23.1. The molecule has 4 aromatic rings. The van der Waals surface area contributed by atoms with Crippen LogP contribution in [0.3, 0.4) is 0 Å². The molecule has 4 rings (SSSR count). The molecular weight excluding hydrogens is 508 g/mol. The van der Waals surface area contributed by atoms with Gasteiger partial charge >= 0.3 is 0 Å². The lowest BCUT2D eigenvalue weighted by Gasteiger charge is -2.09. The number of benzene rings is 2. The standard InChI is InChI=1S/C24H22BrClN4O3/c1-14-22(15(2)30(28-14)12-17-8-10-18(25)11-9-17)27-24(31)23-19(16(3)33-29-23)13-32-21-7-5-4-6-20(21)26/h4-11H,12-13H2,1-3H3,(H,27,31). The number of para-hydroxylation sites is 1. The van der Waals surface area contributed by atoms with E-state index in [1.165, 1.54) is 0 Å². The van der Waals surface area contributed by atoms with Gasteiger partial charge in [-0.2, -0.15) is 5.10 Å². The number of halogens is 2. The molecule has 0 saturated heterocycles. The Morgan fingerprint density at radius 1 is 1.15 bits per heavy atom. The number of aryl methyl sites for hydroxylation is 2. The van der Waals surface area contributed by atoms with Gasteiger partial charge in [0.05, 0.1) is 34.2 Å². The second-order valence-corrected chi connectivity index (χ2v) is 8.89. The first-order chi connectivity index (χ1) is 15.8. The Morgan fingerprint density at radius 3 is 2.61 bits per heavy atom. The topological polar surface area (TPSA) is 82.2 Å². The molecule has 170 valence electrons. The normalized spacial score (nSPS) is 10.9. The van der Waals surface area contributed by atoms with Gasteiger partial charge in [0.2, 0.25) is 0 Å². The summed E-state index contributed by atoms with van der Waals surface area (Å²) in [6.45, 7) is 6.21. The van der Waals surface area contributed by atoms with Gasteiger partial charge in [-0.05, 0) is 50.6 Å². The fraction of sp³-hybridized carbons (Fsp3) is 0.208. The number of nitrogens with one attached hydrogen (secondary N) is 1. The van der Waals surface area contributed by atoms with Crippen molar-refractivity contribution in [3.63, 3.8) is 0 Å². The van der Waals surface area contributed by atoms with E-state index in [0.717, 1.165) is 15.7 Å². The number of carbonyl (C=O) groups is 1. The van der Waals surface area contributed by atoms with Crippen molar-refractivity contribution in [2.75, 3.05) is 5.32 Å². The van der Waals surface area contributed by atoms with Gasteiger partial charge < -0.3 is 14.6 Å². The molecule has 0 unspecified atom stereocenters. The van der Waals surface area contributed by atoms with Crippen LogP contribution in [0, 0.1) is 20.8 Å². The quantitative estimate of drug-likeness (QED) is 0.313. The zero-order chi connectivity index (χ0) is 23.5. The molecule has 0 fully saturated rings. The highest BCUT2D eigenvalue weighted by Gasteiger charge is 2.23. The second-order valence-electron chi connectivity index (χ2n) is 7.57. The molecule has 0 aliphatic heterocycles. The van der Waals surface area contributed by atoms with E-state index in [4.69, 9.17) is 20.9 Å². The zero-order valence-corrected chi connectivity index (χ0v) is 20.7. The van der Waals surface area contributed by atoms with Crippen LogP contribution in [0.25, 0.3) is 0 Å². The fourth-order valence-corrected chi connectivity index (χ4v) is 3.87. The van der Waals surface area contributed by atoms with Crippen LogP contribution in [-0.4, -0.2) is 20.8 Å². The highest BCUT2D eigenvalue weighted by Crippen LogP contribution is 2.26. The number of anilines is 1. The van der Waals surface area contributed by atoms with Crippen LogP contribution in [0.2, 0.25) is 5.02 Å². The number of hydrogen-bond acceptors (Lipinski definition) is 5. The van der Waals surface area contributed by atoms with E-state index in [9.17, 15) is 4.79 Å². The van der Waals surface area contributed by atoms with Crippen molar-refractivity contribution in [1.82, 2.24) is 14.9 Å². The summed E-state index contributed by atoms with van der Waals surface area (Å²) >= 11 is 9.61. The van der Waals surface area contributed by atoms with Gasteiger partial charge in [-0.1, -0.05) is 57.0 Å². The molecular formula is C24H22BrClN4O3. The number of carbonyl (C=O) groups excluding carboxylic acids is 1. The Labute approximate surface area is 204 Å². The molecule has 0 bridgehead atoms. The third-order valence-electron chi connectivity index (χ3n) is 5.27. The number of ether oxygens (including phenoxy) is 1. The number of aromatic nitrogens is 3. The smallest absolute Gasteiger partial charge is 0.278 e. The average Bonchev–Trinajstić information content (AvgIpc) is 3.29. The van der Waals surface area contributed by atoms with Crippen LogP contribution >= 0.6 is 27.5 Å². The summed E-state index contributed by atoms with van der Waals surface area (Å²) in [6.07, 6.45) is 0. The maximum atomic E-state index is 13.1. The Morgan fingerprint density at radius 2 is 1.88 bits per heavy atom. The summed E-state index contributed by atoms with van der Waals surface area (Å²) in [5, 5.41) is 12.0. The summed E-state index contributed by atoms with van der Waals surface area (Å²) in [4.78, 5) is 13.1. The molecule has 1 amide bonds. The molecule has 9 heteroatoms. The lowest BCUT2D eigenvalue weighted by molar-refractivity contribution is 0.101. The summed E-state index contributed by atoms with van der Waals surface area (Å²) in [5.74, 6) is 0.637. The lowest BCUT2D eigenvalue weighted by Crippen LogP contribution is -2.16. The van der Waals surface area contributed by atoms with Crippen LogP contribution < -0.4 is 10.1 Å². The van der Waals surface area contributed by atoms with E-state index in [0.29, 0.717) is 40.0 Å². The number of hydrogen-bond donors (Lipinski definition) is 1. The third-order valence-corrected chi connectivity index (χ3v) is 6.11. The van der Waals surface area contributed by atoms with Crippen molar-refractivity contribution in [2.24, 2.45) is 0 Å². The highest BCUT2D eigenvalue weighted by atomic mass is 79.9. The molecule has 0 spiro atoms. The van der Waals surface area contributed by atoms with Crippen molar-refractivity contribution in [2.45, 2.75) is 33.9 Å². The summed E-state index contributed by atoms with van der Waals surface area (Å²) in [5.41, 5.74) is 4.04. The monoisotopic (exact) mass is 528 g/mol. The van der Waals surface area contributed by atoms with Gasteiger partial charge in [-0.3, -0.25) is 9.48 Å². The zero-order valence-electron chi connectivity index (χ0n) is 18.4. The molecule has 0 aliphatic carbocycles. The molecule has 33 heavy (non-hydrogen) atoms. The largest absolute Gasteiger partial charge is 0.487 e. The van der Waals surface area contributed by atoms with Crippen molar-refractivity contribution >= 4 is 39.1 Å². The summed E-state index contributed by atoms with van der Waals surface area (Å²) in [6, 6.07) is 15.2. The number of rotatable bonds is 7. The molecule has 0 saturated carbocycles. The maximum absolute atomic E-state index is 13.1. The number of nitrogens with zero attached hydrogens (tertiary/aromatic N) is 3. The third kappa shape index (κ3) is 5.12. The second kappa shape index (κ2) is 9.80. The minimum atomic E-state index is -0.390. The van der Waals surface area contributed by atoms with E-state index in [1.54, 1.807) is 19.1 Å². The molecule has 0 atom stereocenters. The Balaban J connectivity index is 1.51. The predicted octanol–water partition coefficient (Wildman–Crippen LogP) is 6.09. The van der Waals surface area contributed by atoms with E-state index in [1.807, 2.05) is 54.9 Å². The Kier molecular flexibility index (Phi) is 6.85. The lowest BCUT2D eigenvalue weighted by atomic mass is 10.2. The molecule has 0 aliphatic rings. The maximum Gasteiger partial charge on any atom is 0.278 e. The molecule has 0 radical (unpaired) electrons. The van der Waals surface area contributed by atoms with Gasteiger partial charge in [-0.25, -0.2) is 0 Å². The van der Waals surface area contributed by atoms with Crippen LogP contribution in [0.1, 0.15) is 38.8 Å². The minimum Gasteiger partial charge on any atom is -0.487 e. The first-order valence-corrected chi connectivity index (χ1v) is 11.4. The van der Waals surface area contributed by atoms with E-state index >= 15 is 0 Å². The summed E-state index contributed by atoms with van der Waals surface area (Å²) < 4.78 is 14.0. The predicted molar refractivity (Wildman–Crippen MR) is 130 cm³/mol. The van der Waals surface area contributed by atoms with Crippen molar-refractivity contribution in [1.29, 1.82) is 0 Å². The highest BCUT2D eigenvalue weighted by molar-refractivity contribution is 9.10. The SMILES string of the molecule is Cc1nn(Cc2ccc(Br)cc2)c(C)c1NC(=O)c1noc(C)c1COc1ccccc1Cl. The van der Waals surface area contributed by atoms with Crippen molar-refractivity contribution in [3.8, 4) is 5.75 Å². The van der Waals surface area contributed by atoms with Crippen molar-refractivity contribution in [3.05, 3.63) is 92.0 Å². The number of amides is 1. The molecule has 2 aromatic heterocycles. The minimum absolute atomic E-state index is 0.0998. The Hall–Kier alpha value is -3.10. The molecule has 2 heterocycles. The van der Waals surface area contributed by atoms with E-state index < -0.39 is 0 Å². The van der Waals surface area contributed by atoms with Gasteiger partial charge in [0.15, 0.2) is 5.69 Å². The van der Waals surface area contributed by atoms with E-state index in [2.05, 4.69) is 31.5 Å². The van der Waals surface area contributed by atoms with Gasteiger partial charge in [0.25, 0.3) is 5.91 Å². The first-order valence-electron chi connectivity index (χ1n) is 10.3. The van der Waals surface area contributed by atoms with Crippen molar-refractivity contribution < 1.29 is 14.1 Å². The van der Waals surface area contributed by atoms with Gasteiger partial charge in [-0.15, -0.1) is 0 Å². The molecule has 2 aromatic carbocycles. The fourth-order valence-electron chi connectivity index (χ4n) is 3.42. The van der Waals surface area contributed by atoms with Crippen LogP contribution in [0.15, 0.2) is 57.5 Å². The van der Waals surface area contributed by atoms with Gasteiger partial charge in [0.1, 0.15) is 18.1 Å². The van der Waals surface area contributed by atoms with Crippen LogP contribution in [0.4, 0.5) is 5.69 Å². The average molecular weight is 530 g/mol. The molecule has 7 nitrogen and oxygen atoms in total. The molecule has 1 N–H and O–H groups in total. The van der Waals surface area contributed by atoms with E-state index in [-0.39, 0.29) is 18.2 Å². The van der Waals surface area contributed by atoms with Gasteiger partial charge in [0, 0.05) is 4.47 Å².